The van der Waals surface area contributed by atoms with Crippen molar-refractivity contribution in [2.75, 3.05) is 30.4 Å². The quantitative estimate of drug-likeness (QED) is 0.921. The van der Waals surface area contributed by atoms with Gasteiger partial charge in [-0.05, 0) is 54.8 Å². The molecule has 1 heterocycles. The van der Waals surface area contributed by atoms with Gasteiger partial charge in [0.05, 0.1) is 13.0 Å². The molecule has 1 amide bonds. The van der Waals surface area contributed by atoms with Gasteiger partial charge in [0.15, 0.2) is 0 Å². The zero-order valence-electron chi connectivity index (χ0n) is 13.6. The van der Waals surface area contributed by atoms with Crippen LogP contribution in [0.25, 0.3) is 0 Å². The average molecular weight is 310 g/mol. The lowest BCUT2D eigenvalue weighted by atomic mass is 10.1. The number of carbonyl (C=O) groups excluding carboxylic acids is 1. The van der Waals surface area contributed by atoms with Crippen LogP contribution >= 0.6 is 0 Å². The van der Waals surface area contributed by atoms with E-state index in [2.05, 4.69) is 29.4 Å². The van der Waals surface area contributed by atoms with Crippen LogP contribution in [0.3, 0.4) is 0 Å². The standard InChI is InChI=1S/C19H22N2O2/c1-3-23-17-7-4-14(5-8-17)12-19(22)20-16-6-9-18-15(13-16)10-11-21(18)2/h4-9,13H,3,10-12H2,1-2H3,(H,20,22). The highest BCUT2D eigenvalue weighted by Crippen LogP contribution is 2.29. The van der Waals surface area contributed by atoms with Gasteiger partial charge < -0.3 is 15.0 Å². The first-order chi connectivity index (χ1) is 11.2. The van der Waals surface area contributed by atoms with E-state index in [-0.39, 0.29) is 5.91 Å². The SMILES string of the molecule is CCOc1ccc(CC(=O)Nc2ccc3c(c2)CCN3C)cc1. The molecule has 1 aliphatic rings. The average Bonchev–Trinajstić information content (AvgIpc) is 2.90. The summed E-state index contributed by atoms with van der Waals surface area (Å²) in [6.07, 6.45) is 1.40. The van der Waals surface area contributed by atoms with E-state index in [0.717, 1.165) is 30.0 Å². The van der Waals surface area contributed by atoms with Crippen molar-refractivity contribution in [3.05, 3.63) is 53.6 Å². The van der Waals surface area contributed by atoms with Gasteiger partial charge in [0.2, 0.25) is 5.91 Å². The monoisotopic (exact) mass is 310 g/mol. The van der Waals surface area contributed by atoms with E-state index in [9.17, 15) is 4.79 Å². The summed E-state index contributed by atoms with van der Waals surface area (Å²) in [6, 6.07) is 13.8. The molecule has 2 aromatic rings. The molecule has 1 N–H and O–H groups in total. The molecule has 120 valence electrons. The molecule has 0 saturated heterocycles. The molecular weight excluding hydrogens is 288 g/mol. The van der Waals surface area contributed by atoms with E-state index in [4.69, 9.17) is 4.74 Å². The highest BCUT2D eigenvalue weighted by Gasteiger charge is 2.16. The van der Waals surface area contributed by atoms with Crippen LogP contribution < -0.4 is 15.0 Å². The molecular formula is C19H22N2O2. The second kappa shape index (κ2) is 6.73. The van der Waals surface area contributed by atoms with Gasteiger partial charge in [-0.3, -0.25) is 4.79 Å². The summed E-state index contributed by atoms with van der Waals surface area (Å²) in [5, 5.41) is 2.99. The number of carbonyl (C=O) groups is 1. The van der Waals surface area contributed by atoms with Crippen molar-refractivity contribution in [3.8, 4) is 5.75 Å². The zero-order chi connectivity index (χ0) is 16.2. The number of benzene rings is 2. The molecule has 0 radical (unpaired) electrons. The van der Waals surface area contributed by atoms with E-state index in [0.29, 0.717) is 13.0 Å². The Morgan fingerprint density at radius 2 is 2.00 bits per heavy atom. The van der Waals surface area contributed by atoms with E-state index < -0.39 is 0 Å². The van der Waals surface area contributed by atoms with Gasteiger partial charge in [0.1, 0.15) is 5.75 Å². The van der Waals surface area contributed by atoms with E-state index in [1.54, 1.807) is 0 Å². The van der Waals surface area contributed by atoms with Crippen molar-refractivity contribution in [3.63, 3.8) is 0 Å². The zero-order valence-corrected chi connectivity index (χ0v) is 13.6. The molecule has 1 aliphatic heterocycles. The van der Waals surface area contributed by atoms with Crippen molar-refractivity contribution < 1.29 is 9.53 Å². The molecule has 0 saturated carbocycles. The smallest absolute Gasteiger partial charge is 0.228 e. The lowest BCUT2D eigenvalue weighted by molar-refractivity contribution is -0.115. The van der Waals surface area contributed by atoms with E-state index >= 15 is 0 Å². The topological polar surface area (TPSA) is 41.6 Å². The molecule has 4 heteroatoms. The molecule has 0 aromatic heterocycles. The lowest BCUT2D eigenvalue weighted by Gasteiger charge is -2.12. The third-order valence-electron chi connectivity index (χ3n) is 4.09. The number of likely N-dealkylation sites (N-methyl/N-ethyl adjacent to an activating group) is 1. The van der Waals surface area contributed by atoms with Crippen molar-refractivity contribution in [1.82, 2.24) is 0 Å². The third kappa shape index (κ3) is 3.65. The van der Waals surface area contributed by atoms with Crippen LogP contribution in [-0.2, 0) is 17.6 Å². The fourth-order valence-electron chi connectivity index (χ4n) is 2.91. The predicted octanol–water partition coefficient (Wildman–Crippen LogP) is 3.26. The van der Waals surface area contributed by atoms with Gasteiger partial charge in [0.25, 0.3) is 0 Å². The van der Waals surface area contributed by atoms with Crippen LogP contribution in [-0.4, -0.2) is 26.1 Å². The molecule has 2 aromatic carbocycles. The minimum absolute atomic E-state index is 0.000427. The van der Waals surface area contributed by atoms with Crippen LogP contribution in [0.4, 0.5) is 11.4 Å². The Morgan fingerprint density at radius 3 is 2.74 bits per heavy atom. The Morgan fingerprint density at radius 1 is 1.22 bits per heavy atom. The molecule has 0 spiro atoms. The number of ether oxygens (including phenoxy) is 1. The lowest BCUT2D eigenvalue weighted by Crippen LogP contribution is -2.14. The number of hydrogen-bond acceptors (Lipinski definition) is 3. The van der Waals surface area contributed by atoms with Gasteiger partial charge in [-0.15, -0.1) is 0 Å². The van der Waals surface area contributed by atoms with Crippen molar-refractivity contribution in [1.29, 1.82) is 0 Å². The van der Waals surface area contributed by atoms with E-state index in [1.165, 1.54) is 11.3 Å². The van der Waals surface area contributed by atoms with Crippen LogP contribution in [0, 0.1) is 0 Å². The number of anilines is 2. The maximum absolute atomic E-state index is 12.2. The minimum Gasteiger partial charge on any atom is -0.494 e. The summed E-state index contributed by atoms with van der Waals surface area (Å²) in [7, 11) is 2.09. The summed E-state index contributed by atoms with van der Waals surface area (Å²) in [5.41, 5.74) is 4.41. The molecule has 23 heavy (non-hydrogen) atoms. The second-order valence-corrected chi connectivity index (χ2v) is 5.82. The maximum atomic E-state index is 12.2. The van der Waals surface area contributed by atoms with Crippen LogP contribution in [0.2, 0.25) is 0 Å². The van der Waals surface area contributed by atoms with Gasteiger partial charge in [-0.2, -0.15) is 0 Å². The number of hydrogen-bond donors (Lipinski definition) is 1. The third-order valence-corrected chi connectivity index (χ3v) is 4.09. The Balaban J connectivity index is 1.61. The number of rotatable bonds is 5. The summed E-state index contributed by atoms with van der Waals surface area (Å²) >= 11 is 0. The highest BCUT2D eigenvalue weighted by atomic mass is 16.5. The van der Waals surface area contributed by atoms with Gasteiger partial charge in [-0.1, -0.05) is 12.1 Å². The fourth-order valence-corrected chi connectivity index (χ4v) is 2.91. The van der Waals surface area contributed by atoms with Crippen LogP contribution in [0.5, 0.6) is 5.75 Å². The van der Waals surface area contributed by atoms with Gasteiger partial charge >= 0.3 is 0 Å². The number of amides is 1. The van der Waals surface area contributed by atoms with Crippen LogP contribution in [0.1, 0.15) is 18.1 Å². The predicted molar refractivity (Wildman–Crippen MR) is 93.4 cm³/mol. The first-order valence-corrected chi connectivity index (χ1v) is 8.01. The van der Waals surface area contributed by atoms with Gasteiger partial charge in [0, 0.05) is 25.0 Å². The van der Waals surface area contributed by atoms with E-state index in [1.807, 2.05) is 37.3 Å². The van der Waals surface area contributed by atoms with Crippen LogP contribution in [0.15, 0.2) is 42.5 Å². The maximum Gasteiger partial charge on any atom is 0.228 e. The summed E-state index contributed by atoms with van der Waals surface area (Å²) in [6.45, 7) is 3.64. The van der Waals surface area contributed by atoms with Crippen molar-refractivity contribution in [2.45, 2.75) is 19.8 Å². The minimum atomic E-state index is 0.000427. The Kier molecular flexibility index (Phi) is 4.51. The van der Waals surface area contributed by atoms with Gasteiger partial charge in [-0.25, -0.2) is 0 Å². The number of nitrogens with one attached hydrogen (secondary N) is 1. The second-order valence-electron chi connectivity index (χ2n) is 5.82. The molecule has 0 fully saturated rings. The van der Waals surface area contributed by atoms with Crippen molar-refractivity contribution in [2.24, 2.45) is 0 Å². The molecule has 0 aliphatic carbocycles. The summed E-state index contributed by atoms with van der Waals surface area (Å²) < 4.78 is 5.41. The fraction of sp³-hybridized carbons (Fsp3) is 0.316. The van der Waals surface area contributed by atoms with Crippen molar-refractivity contribution >= 4 is 17.3 Å². The first-order valence-electron chi connectivity index (χ1n) is 8.01. The normalized spacial score (nSPS) is 12.9. The largest absolute Gasteiger partial charge is 0.494 e. The molecule has 3 rings (SSSR count). The first kappa shape index (κ1) is 15.4. The Labute approximate surface area is 137 Å². The summed E-state index contributed by atoms with van der Waals surface area (Å²) in [4.78, 5) is 14.4. The number of fused-ring (bicyclic) bond motifs is 1. The summed E-state index contributed by atoms with van der Waals surface area (Å²) in [5.74, 6) is 0.833. The molecule has 0 atom stereocenters. The molecule has 4 nitrogen and oxygen atoms in total. The molecule has 0 bridgehead atoms. The highest BCUT2D eigenvalue weighted by molar-refractivity contribution is 5.92. The Hall–Kier alpha value is -2.49. The Bertz CT molecular complexity index is 695. The number of nitrogens with zero attached hydrogens (tertiary/aromatic N) is 1. The molecule has 0 unspecified atom stereocenters.